The van der Waals surface area contributed by atoms with E-state index in [1.54, 1.807) is 30.5 Å². The first-order valence-electron chi connectivity index (χ1n) is 9.63. The van der Waals surface area contributed by atoms with Crippen LogP contribution in [0, 0.1) is 0 Å². The largest absolute Gasteiger partial charge is 0.497 e. The molecule has 1 aliphatic heterocycles. The van der Waals surface area contributed by atoms with Crippen molar-refractivity contribution in [3.05, 3.63) is 70.3 Å². The topological polar surface area (TPSA) is 84.5 Å². The predicted molar refractivity (Wildman–Crippen MR) is 109 cm³/mol. The lowest BCUT2D eigenvalue weighted by atomic mass is 10.1. The van der Waals surface area contributed by atoms with Crippen molar-refractivity contribution in [1.82, 2.24) is 14.9 Å². The Bertz CT molecular complexity index is 1060. The van der Waals surface area contributed by atoms with Crippen LogP contribution in [0.1, 0.15) is 24.0 Å². The molecule has 29 heavy (non-hydrogen) atoms. The Labute approximate surface area is 168 Å². The summed E-state index contributed by atoms with van der Waals surface area (Å²) in [6.07, 6.45) is 4.55. The molecule has 2 aromatic heterocycles. The fraction of sp³-hybridized carbons (Fsp3) is 0.318. The molecule has 7 nitrogen and oxygen atoms in total. The van der Waals surface area contributed by atoms with Crippen molar-refractivity contribution in [1.29, 1.82) is 0 Å². The van der Waals surface area contributed by atoms with Crippen LogP contribution in [0.2, 0.25) is 0 Å². The van der Waals surface area contributed by atoms with Crippen LogP contribution in [0.3, 0.4) is 0 Å². The highest BCUT2D eigenvalue weighted by molar-refractivity contribution is 5.82. The molecule has 0 radical (unpaired) electrons. The molecule has 1 fully saturated rings. The number of rotatable bonds is 6. The fourth-order valence-corrected chi connectivity index (χ4v) is 3.58. The summed E-state index contributed by atoms with van der Waals surface area (Å²) >= 11 is 0. The third-order valence-electron chi connectivity index (χ3n) is 5.10. The lowest BCUT2D eigenvalue weighted by Gasteiger charge is -2.25. The van der Waals surface area contributed by atoms with E-state index in [4.69, 9.17) is 9.47 Å². The molecular formula is C22H23N3O4. The molecule has 150 valence electrons. The maximum absolute atomic E-state index is 13.1. The number of hydrogen-bond acceptors (Lipinski definition) is 5. The van der Waals surface area contributed by atoms with Gasteiger partial charge in [0.25, 0.3) is 11.5 Å². The van der Waals surface area contributed by atoms with Crippen molar-refractivity contribution in [2.45, 2.75) is 32.0 Å². The Balaban J connectivity index is 1.64. The smallest absolute Gasteiger partial charge is 0.253 e. The minimum absolute atomic E-state index is 0.0967. The van der Waals surface area contributed by atoms with Gasteiger partial charge in [-0.05, 0) is 48.1 Å². The van der Waals surface area contributed by atoms with Gasteiger partial charge in [0.1, 0.15) is 11.9 Å². The van der Waals surface area contributed by atoms with Gasteiger partial charge in [-0.2, -0.15) is 0 Å². The number of carbonyl (C=O) groups is 1. The highest BCUT2D eigenvalue weighted by Gasteiger charge is 2.29. The Morgan fingerprint density at radius 3 is 2.93 bits per heavy atom. The molecule has 1 amide bonds. The molecule has 1 aliphatic rings. The number of aromatic nitrogens is 2. The number of H-pyrrole nitrogens is 1. The van der Waals surface area contributed by atoms with Gasteiger partial charge in [-0.1, -0.05) is 6.07 Å². The van der Waals surface area contributed by atoms with Crippen LogP contribution < -0.4 is 10.3 Å². The second-order valence-electron chi connectivity index (χ2n) is 7.13. The number of amides is 1. The molecule has 3 heterocycles. The molecule has 0 saturated carbocycles. The summed E-state index contributed by atoms with van der Waals surface area (Å²) in [6, 6.07) is 11.1. The summed E-state index contributed by atoms with van der Waals surface area (Å²) in [5.41, 5.74) is 1.91. The number of nitrogens with zero attached hydrogens (tertiary/aromatic N) is 2. The maximum atomic E-state index is 13.1. The zero-order valence-electron chi connectivity index (χ0n) is 16.3. The van der Waals surface area contributed by atoms with Gasteiger partial charge >= 0.3 is 0 Å². The Morgan fingerprint density at radius 2 is 2.21 bits per heavy atom. The third-order valence-corrected chi connectivity index (χ3v) is 5.10. The summed E-state index contributed by atoms with van der Waals surface area (Å²) < 4.78 is 10.8. The quantitative estimate of drug-likeness (QED) is 0.696. The summed E-state index contributed by atoms with van der Waals surface area (Å²) in [5.74, 6) is 0.577. The monoisotopic (exact) mass is 393 g/mol. The molecule has 0 bridgehead atoms. The molecule has 1 unspecified atom stereocenters. The number of pyridine rings is 2. The van der Waals surface area contributed by atoms with Crippen molar-refractivity contribution < 1.29 is 14.3 Å². The summed E-state index contributed by atoms with van der Waals surface area (Å²) in [4.78, 5) is 34.4. The first-order valence-corrected chi connectivity index (χ1v) is 9.63. The number of aromatic amines is 1. The van der Waals surface area contributed by atoms with Crippen LogP contribution in [0.4, 0.5) is 0 Å². The SMILES string of the molecule is COc1ccc2cc(CN(Cc3cccnc3)C(=O)C3CCCO3)c(=O)[nH]c2c1. The zero-order chi connectivity index (χ0) is 20.2. The van der Waals surface area contributed by atoms with Gasteiger partial charge in [0.15, 0.2) is 0 Å². The van der Waals surface area contributed by atoms with E-state index in [9.17, 15) is 9.59 Å². The van der Waals surface area contributed by atoms with Crippen LogP contribution >= 0.6 is 0 Å². The summed E-state index contributed by atoms with van der Waals surface area (Å²) in [6.45, 7) is 1.16. The highest BCUT2D eigenvalue weighted by atomic mass is 16.5. The Kier molecular flexibility index (Phi) is 5.57. The van der Waals surface area contributed by atoms with Crippen LogP contribution in [0.25, 0.3) is 10.9 Å². The van der Waals surface area contributed by atoms with Crippen LogP contribution in [0.15, 0.2) is 53.6 Å². The number of ether oxygens (including phenoxy) is 2. The Morgan fingerprint density at radius 1 is 1.31 bits per heavy atom. The minimum atomic E-state index is -0.449. The second-order valence-corrected chi connectivity index (χ2v) is 7.13. The maximum Gasteiger partial charge on any atom is 0.253 e. The van der Waals surface area contributed by atoms with Gasteiger partial charge in [0.05, 0.1) is 19.2 Å². The molecular weight excluding hydrogens is 370 g/mol. The van der Waals surface area contributed by atoms with E-state index in [-0.39, 0.29) is 18.0 Å². The van der Waals surface area contributed by atoms with Crippen molar-refractivity contribution in [2.24, 2.45) is 0 Å². The van der Waals surface area contributed by atoms with Gasteiger partial charge in [-0.15, -0.1) is 0 Å². The lowest BCUT2D eigenvalue weighted by molar-refractivity contribution is -0.142. The molecule has 1 atom stereocenters. The number of carbonyl (C=O) groups excluding carboxylic acids is 1. The van der Waals surface area contributed by atoms with Crippen LogP contribution in [0.5, 0.6) is 5.75 Å². The molecule has 1 saturated heterocycles. The second kappa shape index (κ2) is 8.45. The number of nitrogens with one attached hydrogen (secondary N) is 1. The van der Waals surface area contributed by atoms with Crippen molar-refractivity contribution in [3.8, 4) is 5.75 Å². The number of benzene rings is 1. The van der Waals surface area contributed by atoms with Crippen molar-refractivity contribution >= 4 is 16.8 Å². The van der Waals surface area contributed by atoms with Gasteiger partial charge in [-0.3, -0.25) is 14.6 Å². The number of methoxy groups -OCH3 is 1. The molecule has 0 spiro atoms. The molecule has 1 aromatic carbocycles. The van der Waals surface area contributed by atoms with Crippen molar-refractivity contribution in [2.75, 3.05) is 13.7 Å². The highest BCUT2D eigenvalue weighted by Crippen LogP contribution is 2.21. The van der Waals surface area contributed by atoms with E-state index < -0.39 is 6.10 Å². The first-order chi connectivity index (χ1) is 14.1. The summed E-state index contributed by atoms with van der Waals surface area (Å²) in [5, 5.41) is 0.881. The number of fused-ring (bicyclic) bond motifs is 1. The average Bonchev–Trinajstić information content (AvgIpc) is 3.28. The summed E-state index contributed by atoms with van der Waals surface area (Å²) in [7, 11) is 1.58. The molecule has 0 aliphatic carbocycles. The third kappa shape index (κ3) is 4.30. The van der Waals surface area contributed by atoms with Gasteiger partial charge in [0.2, 0.25) is 0 Å². The van der Waals surface area contributed by atoms with E-state index in [0.29, 0.717) is 36.4 Å². The zero-order valence-corrected chi connectivity index (χ0v) is 16.3. The van der Waals surface area contributed by atoms with Gasteiger partial charge in [-0.25, -0.2) is 0 Å². The van der Waals surface area contributed by atoms with E-state index >= 15 is 0 Å². The van der Waals surface area contributed by atoms with E-state index in [0.717, 1.165) is 17.4 Å². The molecule has 1 N–H and O–H groups in total. The van der Waals surface area contributed by atoms with Crippen molar-refractivity contribution in [3.63, 3.8) is 0 Å². The number of hydrogen-bond donors (Lipinski definition) is 1. The van der Waals surface area contributed by atoms with E-state index in [1.807, 2.05) is 30.3 Å². The average molecular weight is 393 g/mol. The van der Waals surface area contributed by atoms with Gasteiger partial charge in [0, 0.05) is 37.2 Å². The normalized spacial score (nSPS) is 16.1. The van der Waals surface area contributed by atoms with Gasteiger partial charge < -0.3 is 19.4 Å². The first kappa shape index (κ1) is 19.1. The lowest BCUT2D eigenvalue weighted by Crippen LogP contribution is -2.39. The van der Waals surface area contributed by atoms with E-state index in [2.05, 4.69) is 9.97 Å². The molecule has 7 heteroatoms. The Hall–Kier alpha value is -3.19. The molecule has 3 aromatic rings. The minimum Gasteiger partial charge on any atom is -0.497 e. The predicted octanol–water partition coefficient (Wildman–Crippen LogP) is 2.64. The molecule has 4 rings (SSSR count). The van der Waals surface area contributed by atoms with E-state index in [1.165, 1.54) is 0 Å². The fourth-order valence-electron chi connectivity index (χ4n) is 3.58. The standard InChI is InChI=1S/C22H23N3O4/c1-28-18-7-6-16-10-17(21(26)24-19(16)11-18)14-25(13-15-4-2-8-23-12-15)22(27)20-5-3-9-29-20/h2,4,6-8,10-12,20H,3,5,9,13-14H2,1H3,(H,24,26). The van der Waals surface area contributed by atoms with Crippen LogP contribution in [-0.4, -0.2) is 40.6 Å². The van der Waals surface area contributed by atoms with Crippen LogP contribution in [-0.2, 0) is 22.6 Å².